The van der Waals surface area contributed by atoms with Crippen molar-refractivity contribution in [3.63, 3.8) is 0 Å². The lowest BCUT2D eigenvalue weighted by Crippen LogP contribution is -2.27. The van der Waals surface area contributed by atoms with E-state index in [1.165, 1.54) is 0 Å². The van der Waals surface area contributed by atoms with Gasteiger partial charge in [-0.2, -0.15) is 0 Å². The van der Waals surface area contributed by atoms with Gasteiger partial charge in [0.25, 0.3) is 0 Å². The molecule has 24 heavy (non-hydrogen) atoms. The monoisotopic (exact) mass is 350 g/mol. The molecule has 10 heteroatoms. The van der Waals surface area contributed by atoms with Crippen LogP contribution in [-0.2, 0) is 38.1 Å². The third kappa shape index (κ3) is 13.8. The number of carbonyl (C=O) groups excluding carboxylic acids is 2. The Labute approximate surface area is 138 Å². The molecule has 0 aromatic rings. The lowest BCUT2D eigenvalue weighted by Gasteiger charge is -2.07. The van der Waals surface area contributed by atoms with Crippen molar-refractivity contribution in [3.05, 3.63) is 0 Å². The van der Waals surface area contributed by atoms with Gasteiger partial charge in [0, 0.05) is 13.0 Å². The number of aliphatic carboxylic acids is 2. The minimum atomic E-state index is -1.80. The van der Waals surface area contributed by atoms with E-state index in [1.807, 2.05) is 0 Å². The maximum absolute atomic E-state index is 11.0. The highest BCUT2D eigenvalue weighted by atomic mass is 16.6. The number of hydrogen-bond donors (Lipinski definition) is 2. The summed E-state index contributed by atoms with van der Waals surface area (Å²) in [4.78, 5) is 42.1. The molecule has 0 fully saturated rings. The second kappa shape index (κ2) is 14.7. The SMILES string of the molecule is O=C(O)CCCOCCOCCOCCOCC(=O)C(=O)C(=O)O. The fourth-order valence-electron chi connectivity index (χ4n) is 1.33. The van der Waals surface area contributed by atoms with Gasteiger partial charge in [-0.3, -0.25) is 14.4 Å². The molecule has 0 spiro atoms. The largest absolute Gasteiger partial charge is 0.481 e. The van der Waals surface area contributed by atoms with Gasteiger partial charge in [0.1, 0.15) is 6.61 Å². The molecule has 0 bridgehead atoms. The van der Waals surface area contributed by atoms with Crippen LogP contribution in [0, 0.1) is 0 Å². The van der Waals surface area contributed by atoms with Crippen LogP contribution >= 0.6 is 0 Å². The van der Waals surface area contributed by atoms with Crippen molar-refractivity contribution in [1.29, 1.82) is 0 Å². The lowest BCUT2D eigenvalue weighted by molar-refractivity contribution is -0.154. The molecule has 0 aliphatic heterocycles. The van der Waals surface area contributed by atoms with E-state index in [-0.39, 0.29) is 19.6 Å². The highest BCUT2D eigenvalue weighted by Crippen LogP contribution is 1.90. The van der Waals surface area contributed by atoms with Gasteiger partial charge >= 0.3 is 17.7 Å². The minimum absolute atomic E-state index is 0.0470. The molecule has 0 unspecified atom stereocenters. The van der Waals surface area contributed by atoms with Crippen LogP contribution < -0.4 is 0 Å². The van der Waals surface area contributed by atoms with Crippen molar-refractivity contribution in [3.8, 4) is 0 Å². The zero-order chi connectivity index (χ0) is 18.2. The zero-order valence-corrected chi connectivity index (χ0v) is 13.2. The first-order valence-corrected chi connectivity index (χ1v) is 7.28. The summed E-state index contributed by atoms with van der Waals surface area (Å²) in [6.45, 7) is 1.34. The van der Waals surface area contributed by atoms with Crippen LogP contribution in [0.5, 0.6) is 0 Å². The van der Waals surface area contributed by atoms with E-state index < -0.39 is 30.1 Å². The van der Waals surface area contributed by atoms with Gasteiger partial charge in [-0.05, 0) is 6.42 Å². The van der Waals surface area contributed by atoms with E-state index in [0.29, 0.717) is 39.5 Å². The number of hydrogen-bond acceptors (Lipinski definition) is 8. The van der Waals surface area contributed by atoms with Crippen molar-refractivity contribution in [2.75, 3.05) is 52.9 Å². The van der Waals surface area contributed by atoms with Crippen LogP contribution in [0.4, 0.5) is 0 Å². The van der Waals surface area contributed by atoms with E-state index in [2.05, 4.69) is 0 Å². The zero-order valence-electron chi connectivity index (χ0n) is 13.2. The van der Waals surface area contributed by atoms with Gasteiger partial charge in [-0.15, -0.1) is 0 Å². The fraction of sp³-hybridized carbons (Fsp3) is 0.714. The summed E-state index contributed by atoms with van der Waals surface area (Å²) in [5, 5.41) is 16.7. The van der Waals surface area contributed by atoms with Crippen LogP contribution in [0.25, 0.3) is 0 Å². The molecule has 0 rings (SSSR count). The smallest absolute Gasteiger partial charge is 0.380 e. The van der Waals surface area contributed by atoms with Gasteiger partial charge in [0.05, 0.1) is 39.6 Å². The number of carbonyl (C=O) groups is 4. The van der Waals surface area contributed by atoms with E-state index in [1.54, 1.807) is 0 Å². The van der Waals surface area contributed by atoms with E-state index in [0.717, 1.165) is 0 Å². The highest BCUT2D eigenvalue weighted by molar-refractivity contribution is 6.62. The summed E-state index contributed by atoms with van der Waals surface area (Å²) in [5.41, 5.74) is 0. The Balaban J connectivity index is 3.23. The van der Waals surface area contributed by atoms with E-state index >= 15 is 0 Å². The summed E-state index contributed by atoms with van der Waals surface area (Å²) in [6.07, 6.45) is 0.534. The number of rotatable bonds is 17. The van der Waals surface area contributed by atoms with Crippen molar-refractivity contribution >= 4 is 23.5 Å². The molecule has 0 radical (unpaired) electrons. The van der Waals surface area contributed by atoms with Gasteiger partial charge < -0.3 is 29.2 Å². The molecule has 0 heterocycles. The summed E-state index contributed by atoms with van der Waals surface area (Å²) in [5.74, 6) is -5.28. The molecule has 0 atom stereocenters. The summed E-state index contributed by atoms with van der Waals surface area (Å²) >= 11 is 0. The van der Waals surface area contributed by atoms with Gasteiger partial charge in [-0.1, -0.05) is 0 Å². The number of carboxylic acids is 2. The normalized spacial score (nSPS) is 10.5. The van der Waals surface area contributed by atoms with Crippen LogP contribution in [0.1, 0.15) is 12.8 Å². The Bertz CT molecular complexity index is 406. The maximum Gasteiger partial charge on any atom is 0.380 e. The number of Topliss-reactive ketones (excluding diaryl/α,β-unsaturated/α-hetero) is 2. The topological polar surface area (TPSA) is 146 Å². The number of ketones is 2. The molecular formula is C14H22O10. The molecule has 0 saturated heterocycles. The fourth-order valence-corrected chi connectivity index (χ4v) is 1.33. The Morgan fingerprint density at radius 3 is 1.58 bits per heavy atom. The third-order valence-electron chi connectivity index (χ3n) is 2.48. The second-order valence-electron chi connectivity index (χ2n) is 4.44. The molecule has 0 aromatic heterocycles. The maximum atomic E-state index is 11.0. The Hall–Kier alpha value is -1.88. The average molecular weight is 350 g/mol. The number of ether oxygens (including phenoxy) is 4. The molecule has 0 aliphatic rings. The Morgan fingerprint density at radius 1 is 0.667 bits per heavy atom. The van der Waals surface area contributed by atoms with E-state index in [4.69, 9.17) is 29.2 Å². The number of carboxylic acid groups (broad SMARTS) is 2. The molecule has 10 nitrogen and oxygen atoms in total. The molecule has 2 N–H and O–H groups in total. The van der Waals surface area contributed by atoms with Gasteiger partial charge in [0.2, 0.25) is 5.78 Å². The van der Waals surface area contributed by atoms with E-state index in [9.17, 15) is 19.2 Å². The summed E-state index contributed by atoms with van der Waals surface area (Å²) < 4.78 is 20.3. The van der Waals surface area contributed by atoms with Crippen LogP contribution in [0.3, 0.4) is 0 Å². The van der Waals surface area contributed by atoms with Crippen molar-refractivity contribution in [1.82, 2.24) is 0 Å². The summed E-state index contributed by atoms with van der Waals surface area (Å²) in [7, 11) is 0. The first-order valence-electron chi connectivity index (χ1n) is 7.28. The van der Waals surface area contributed by atoms with Crippen LogP contribution in [-0.4, -0.2) is 86.6 Å². The van der Waals surface area contributed by atoms with Crippen molar-refractivity contribution in [2.45, 2.75) is 12.8 Å². The van der Waals surface area contributed by atoms with Gasteiger partial charge in [-0.25, -0.2) is 4.79 Å². The Morgan fingerprint density at radius 2 is 1.12 bits per heavy atom. The molecule has 138 valence electrons. The van der Waals surface area contributed by atoms with Gasteiger partial charge in [0.15, 0.2) is 0 Å². The predicted molar refractivity (Wildman–Crippen MR) is 77.8 cm³/mol. The van der Waals surface area contributed by atoms with Crippen molar-refractivity contribution < 1.29 is 48.3 Å². The average Bonchev–Trinajstić information content (AvgIpc) is 2.53. The molecule has 0 aromatic carbocycles. The predicted octanol–water partition coefficient (Wildman–Crippen LogP) is -0.860. The first kappa shape index (κ1) is 22.1. The summed E-state index contributed by atoms with van der Waals surface area (Å²) in [6, 6.07) is 0. The molecule has 0 aliphatic carbocycles. The second-order valence-corrected chi connectivity index (χ2v) is 4.44. The minimum Gasteiger partial charge on any atom is -0.481 e. The molecule has 0 saturated carbocycles. The van der Waals surface area contributed by atoms with Crippen LogP contribution in [0.2, 0.25) is 0 Å². The third-order valence-corrected chi connectivity index (χ3v) is 2.48. The first-order chi connectivity index (χ1) is 11.4. The highest BCUT2D eigenvalue weighted by Gasteiger charge is 2.21. The van der Waals surface area contributed by atoms with Crippen molar-refractivity contribution in [2.24, 2.45) is 0 Å². The lowest BCUT2D eigenvalue weighted by atomic mass is 10.3. The van der Waals surface area contributed by atoms with Crippen LogP contribution in [0.15, 0.2) is 0 Å². The quantitative estimate of drug-likeness (QED) is 0.193. The standard InChI is InChI=1S/C14H22O10/c15-11(13(18)14(19)20)10-24-9-8-23-7-6-22-5-4-21-3-1-2-12(16)17/h1-10H2,(H,16,17)(H,19,20). The molecule has 0 amide bonds. The molecular weight excluding hydrogens is 328 g/mol. The Kier molecular flexibility index (Phi) is 13.5.